The number of ether oxygens (including phenoxy) is 1. The van der Waals surface area contributed by atoms with E-state index in [4.69, 9.17) is 4.74 Å². The van der Waals surface area contributed by atoms with Crippen molar-refractivity contribution in [2.45, 2.75) is 19.9 Å². The summed E-state index contributed by atoms with van der Waals surface area (Å²) in [5.41, 5.74) is 1.63. The Hall–Kier alpha value is -1.29. The van der Waals surface area contributed by atoms with E-state index in [9.17, 15) is 4.79 Å². The monoisotopic (exact) mass is 295 g/mol. The first-order valence-electron chi connectivity index (χ1n) is 5.43. The Bertz CT molecular complexity index is 572. The molecule has 0 radical (unpaired) electrons. The zero-order chi connectivity index (χ0) is 12.6. The minimum absolute atomic E-state index is 0.308. The lowest BCUT2D eigenvalue weighted by Crippen LogP contribution is -2.02. The fraction of sp³-hybridized carbons (Fsp3) is 0.308. The first-order chi connectivity index (χ1) is 8.06. The molecule has 2 rings (SSSR count). The van der Waals surface area contributed by atoms with Gasteiger partial charge < -0.3 is 9.30 Å². The molecule has 17 heavy (non-hydrogen) atoms. The number of rotatable bonds is 2. The first-order valence-corrected chi connectivity index (χ1v) is 6.23. The van der Waals surface area contributed by atoms with E-state index < -0.39 is 0 Å². The summed E-state index contributed by atoms with van der Waals surface area (Å²) in [5, 5.41) is 0.910. The molecule has 0 atom stereocenters. The van der Waals surface area contributed by atoms with Crippen molar-refractivity contribution in [1.29, 1.82) is 0 Å². The summed E-state index contributed by atoms with van der Waals surface area (Å²) >= 11 is 3.51. The van der Waals surface area contributed by atoms with Crippen LogP contribution in [0.4, 0.5) is 0 Å². The molecule has 0 saturated carbocycles. The number of carbonyl (C=O) groups excluding carboxylic acids is 1. The molecule has 0 saturated heterocycles. The van der Waals surface area contributed by atoms with E-state index in [0.29, 0.717) is 11.6 Å². The second-order valence-corrected chi connectivity index (χ2v) is 5.02. The molecule has 1 aromatic carbocycles. The molecule has 3 nitrogen and oxygen atoms in total. The Morgan fingerprint density at radius 2 is 2.12 bits per heavy atom. The first kappa shape index (κ1) is 12.2. The van der Waals surface area contributed by atoms with Gasteiger partial charge in [-0.1, -0.05) is 6.07 Å². The van der Waals surface area contributed by atoms with Crippen LogP contribution in [0.2, 0.25) is 0 Å². The van der Waals surface area contributed by atoms with Crippen molar-refractivity contribution in [3.05, 3.63) is 34.4 Å². The summed E-state index contributed by atoms with van der Waals surface area (Å²) in [4.78, 5) is 11.7. The minimum Gasteiger partial charge on any atom is -0.465 e. The van der Waals surface area contributed by atoms with Gasteiger partial charge in [0.15, 0.2) is 0 Å². The van der Waals surface area contributed by atoms with E-state index in [2.05, 4.69) is 34.3 Å². The number of methoxy groups -OCH3 is 1. The Balaban J connectivity index is 2.77. The van der Waals surface area contributed by atoms with Gasteiger partial charge in [-0.2, -0.15) is 0 Å². The fourth-order valence-electron chi connectivity index (χ4n) is 1.97. The molecule has 0 aliphatic rings. The molecule has 0 spiro atoms. The van der Waals surface area contributed by atoms with Gasteiger partial charge in [0.2, 0.25) is 0 Å². The molecule has 1 heterocycles. The summed E-state index contributed by atoms with van der Waals surface area (Å²) < 4.78 is 7.85. The van der Waals surface area contributed by atoms with Gasteiger partial charge in [-0.3, -0.25) is 0 Å². The summed E-state index contributed by atoms with van der Waals surface area (Å²) in [6, 6.07) is 6.01. The Kier molecular flexibility index (Phi) is 3.24. The predicted octanol–water partition coefficient (Wildman–Crippen LogP) is 3.77. The third-order valence-electron chi connectivity index (χ3n) is 2.77. The Labute approximate surface area is 108 Å². The van der Waals surface area contributed by atoms with Gasteiger partial charge in [0.1, 0.15) is 0 Å². The maximum absolute atomic E-state index is 11.7. The zero-order valence-electron chi connectivity index (χ0n) is 10.0. The number of carbonyl (C=O) groups is 1. The van der Waals surface area contributed by atoms with Gasteiger partial charge in [-0.05, 0) is 41.9 Å². The van der Waals surface area contributed by atoms with Crippen LogP contribution in [0.25, 0.3) is 10.9 Å². The van der Waals surface area contributed by atoms with Crippen molar-refractivity contribution >= 4 is 32.8 Å². The SMILES string of the molecule is COC(=O)c1cccc2c1c(Br)cn2C(C)C. The van der Waals surface area contributed by atoms with Gasteiger partial charge in [0.25, 0.3) is 0 Å². The van der Waals surface area contributed by atoms with Crippen LogP contribution >= 0.6 is 15.9 Å². The molecule has 0 bridgehead atoms. The van der Waals surface area contributed by atoms with Crippen LogP contribution in [-0.4, -0.2) is 17.6 Å². The van der Waals surface area contributed by atoms with E-state index in [1.807, 2.05) is 18.3 Å². The number of aromatic nitrogens is 1. The maximum Gasteiger partial charge on any atom is 0.338 e. The van der Waals surface area contributed by atoms with E-state index >= 15 is 0 Å². The van der Waals surface area contributed by atoms with Crippen molar-refractivity contribution in [1.82, 2.24) is 4.57 Å². The molecular formula is C13H14BrNO2. The highest BCUT2D eigenvalue weighted by Crippen LogP contribution is 2.31. The molecule has 90 valence electrons. The fourth-order valence-corrected chi connectivity index (χ4v) is 2.61. The van der Waals surface area contributed by atoms with Crippen LogP contribution < -0.4 is 0 Å². The maximum atomic E-state index is 11.7. The molecule has 1 aromatic heterocycles. The van der Waals surface area contributed by atoms with E-state index in [0.717, 1.165) is 15.4 Å². The summed E-state index contributed by atoms with van der Waals surface area (Å²) in [7, 11) is 1.40. The number of fused-ring (bicyclic) bond motifs is 1. The van der Waals surface area contributed by atoms with Crippen LogP contribution in [0.15, 0.2) is 28.9 Å². The van der Waals surface area contributed by atoms with E-state index in [1.165, 1.54) is 7.11 Å². The van der Waals surface area contributed by atoms with Crippen LogP contribution in [0, 0.1) is 0 Å². The van der Waals surface area contributed by atoms with Gasteiger partial charge in [-0.15, -0.1) is 0 Å². The van der Waals surface area contributed by atoms with E-state index in [1.54, 1.807) is 6.07 Å². The van der Waals surface area contributed by atoms with E-state index in [-0.39, 0.29) is 5.97 Å². The van der Waals surface area contributed by atoms with Crippen molar-refractivity contribution in [2.75, 3.05) is 7.11 Å². The molecule has 0 N–H and O–H groups in total. The highest BCUT2D eigenvalue weighted by atomic mass is 79.9. The van der Waals surface area contributed by atoms with Crippen molar-refractivity contribution < 1.29 is 9.53 Å². The van der Waals surface area contributed by atoms with Crippen LogP contribution in [-0.2, 0) is 4.74 Å². The highest BCUT2D eigenvalue weighted by Gasteiger charge is 2.16. The molecule has 0 amide bonds. The summed E-state index contributed by atoms with van der Waals surface area (Å²) in [6.07, 6.45) is 2.00. The third-order valence-corrected chi connectivity index (χ3v) is 3.37. The predicted molar refractivity (Wildman–Crippen MR) is 71.4 cm³/mol. The molecule has 0 fully saturated rings. The molecule has 2 aromatic rings. The number of benzene rings is 1. The quantitative estimate of drug-likeness (QED) is 0.790. The lowest BCUT2D eigenvalue weighted by Gasteiger charge is -2.09. The molecule has 4 heteroatoms. The number of halogens is 1. The topological polar surface area (TPSA) is 31.2 Å². The minimum atomic E-state index is -0.308. The standard InChI is InChI=1S/C13H14BrNO2/c1-8(2)15-7-10(14)12-9(13(16)17-3)5-4-6-11(12)15/h4-8H,1-3H3. The van der Waals surface area contributed by atoms with Gasteiger partial charge in [-0.25, -0.2) is 4.79 Å². The number of hydrogen-bond donors (Lipinski definition) is 0. The average molecular weight is 296 g/mol. The van der Waals surface area contributed by atoms with Crippen molar-refractivity contribution in [3.63, 3.8) is 0 Å². The van der Waals surface area contributed by atoms with Crippen molar-refractivity contribution in [3.8, 4) is 0 Å². The molecule has 0 unspecified atom stereocenters. The summed E-state index contributed by atoms with van der Waals surface area (Å²) in [6.45, 7) is 4.22. The highest BCUT2D eigenvalue weighted by molar-refractivity contribution is 9.10. The number of nitrogens with zero attached hydrogens (tertiary/aromatic N) is 1. The second kappa shape index (κ2) is 4.53. The molecule has 0 aliphatic carbocycles. The molecule has 0 aliphatic heterocycles. The number of hydrogen-bond acceptors (Lipinski definition) is 2. The van der Waals surface area contributed by atoms with Crippen LogP contribution in [0.3, 0.4) is 0 Å². The lowest BCUT2D eigenvalue weighted by molar-refractivity contribution is 0.0603. The van der Waals surface area contributed by atoms with Crippen molar-refractivity contribution in [2.24, 2.45) is 0 Å². The summed E-state index contributed by atoms with van der Waals surface area (Å²) in [5.74, 6) is -0.308. The largest absolute Gasteiger partial charge is 0.465 e. The normalized spacial score (nSPS) is 11.1. The van der Waals surface area contributed by atoms with Gasteiger partial charge >= 0.3 is 5.97 Å². The van der Waals surface area contributed by atoms with Gasteiger partial charge in [0.05, 0.1) is 18.2 Å². The Morgan fingerprint density at radius 3 is 2.71 bits per heavy atom. The zero-order valence-corrected chi connectivity index (χ0v) is 11.6. The smallest absolute Gasteiger partial charge is 0.338 e. The van der Waals surface area contributed by atoms with Crippen LogP contribution in [0.1, 0.15) is 30.2 Å². The second-order valence-electron chi connectivity index (χ2n) is 4.17. The molecular weight excluding hydrogens is 282 g/mol. The Morgan fingerprint density at radius 1 is 1.41 bits per heavy atom. The number of esters is 1. The third kappa shape index (κ3) is 1.97. The lowest BCUT2D eigenvalue weighted by atomic mass is 10.1. The average Bonchev–Trinajstić information content (AvgIpc) is 2.66. The van der Waals surface area contributed by atoms with Gasteiger partial charge in [0, 0.05) is 22.1 Å². The van der Waals surface area contributed by atoms with Crippen LogP contribution in [0.5, 0.6) is 0 Å².